The summed E-state index contributed by atoms with van der Waals surface area (Å²) in [5.41, 5.74) is 18.8. The zero-order chi connectivity index (χ0) is 46.4. The molecular formula is C68H46N2. The van der Waals surface area contributed by atoms with E-state index in [9.17, 15) is 0 Å². The number of rotatable bonds is 9. The van der Waals surface area contributed by atoms with Crippen molar-refractivity contribution in [1.29, 1.82) is 0 Å². The van der Waals surface area contributed by atoms with Gasteiger partial charge in [0.15, 0.2) is 0 Å². The fourth-order valence-electron chi connectivity index (χ4n) is 10.6. The molecule has 0 saturated heterocycles. The van der Waals surface area contributed by atoms with Gasteiger partial charge in [0.05, 0.1) is 16.7 Å². The smallest absolute Gasteiger partial charge is 0.0541 e. The Morgan fingerprint density at radius 3 is 1.24 bits per heavy atom. The van der Waals surface area contributed by atoms with Crippen LogP contribution in [0.1, 0.15) is 0 Å². The van der Waals surface area contributed by atoms with E-state index >= 15 is 0 Å². The zero-order valence-electron chi connectivity index (χ0n) is 38.5. The van der Waals surface area contributed by atoms with Crippen LogP contribution in [0.2, 0.25) is 0 Å². The predicted molar refractivity (Wildman–Crippen MR) is 298 cm³/mol. The second kappa shape index (κ2) is 17.4. The van der Waals surface area contributed by atoms with E-state index in [0.29, 0.717) is 0 Å². The highest BCUT2D eigenvalue weighted by Gasteiger charge is 2.18. The molecule has 2 heteroatoms. The van der Waals surface area contributed by atoms with Gasteiger partial charge in [-0.15, -0.1) is 0 Å². The molecule has 0 aliphatic rings. The third kappa shape index (κ3) is 7.31. The second-order valence-electron chi connectivity index (χ2n) is 18.1. The summed E-state index contributed by atoms with van der Waals surface area (Å²) >= 11 is 0. The van der Waals surface area contributed by atoms with Crippen molar-refractivity contribution < 1.29 is 0 Å². The lowest BCUT2D eigenvalue weighted by molar-refractivity contribution is 1.18. The maximum absolute atomic E-state index is 2.41. The number of fused-ring (bicyclic) bond motifs is 5. The van der Waals surface area contributed by atoms with Gasteiger partial charge in [0, 0.05) is 33.4 Å². The molecule has 0 N–H and O–H groups in total. The average molecular weight is 891 g/mol. The Labute approximate surface area is 408 Å². The van der Waals surface area contributed by atoms with Gasteiger partial charge in [-0.1, -0.05) is 218 Å². The highest BCUT2D eigenvalue weighted by Crippen LogP contribution is 2.41. The van der Waals surface area contributed by atoms with E-state index < -0.39 is 0 Å². The van der Waals surface area contributed by atoms with Crippen molar-refractivity contribution in [1.82, 2.24) is 4.57 Å². The molecule has 0 fully saturated rings. The van der Waals surface area contributed by atoms with Crippen LogP contribution in [-0.4, -0.2) is 4.57 Å². The molecular weight excluding hydrogens is 845 g/mol. The summed E-state index contributed by atoms with van der Waals surface area (Å²) in [5, 5.41) is 7.51. The molecule has 0 atom stereocenters. The maximum Gasteiger partial charge on any atom is 0.0541 e. The monoisotopic (exact) mass is 890 g/mol. The first kappa shape index (κ1) is 41.0. The van der Waals surface area contributed by atoms with Crippen molar-refractivity contribution in [2.75, 3.05) is 4.90 Å². The van der Waals surface area contributed by atoms with Gasteiger partial charge in [0.25, 0.3) is 0 Å². The molecule has 13 aromatic rings. The highest BCUT2D eigenvalue weighted by molar-refractivity contribution is 6.10. The van der Waals surface area contributed by atoms with Crippen LogP contribution in [0, 0.1) is 0 Å². The summed E-state index contributed by atoms with van der Waals surface area (Å²) in [5.74, 6) is 0. The minimum Gasteiger partial charge on any atom is -0.311 e. The Morgan fingerprint density at radius 1 is 0.229 bits per heavy atom. The first-order chi connectivity index (χ1) is 34.7. The van der Waals surface area contributed by atoms with E-state index in [2.05, 4.69) is 289 Å². The number of hydrogen-bond donors (Lipinski definition) is 0. The van der Waals surface area contributed by atoms with Crippen LogP contribution in [0.25, 0.3) is 105 Å². The summed E-state index contributed by atoms with van der Waals surface area (Å²) in [7, 11) is 0. The van der Waals surface area contributed by atoms with Crippen molar-refractivity contribution in [3.63, 3.8) is 0 Å². The molecule has 0 saturated carbocycles. The summed E-state index contributed by atoms with van der Waals surface area (Å²) in [4.78, 5) is 2.37. The molecule has 0 radical (unpaired) electrons. The molecule has 0 aliphatic carbocycles. The lowest BCUT2D eigenvalue weighted by atomic mass is 9.93. The van der Waals surface area contributed by atoms with Gasteiger partial charge >= 0.3 is 0 Å². The quantitative estimate of drug-likeness (QED) is 0.140. The Hall–Kier alpha value is -9.24. The summed E-state index contributed by atoms with van der Waals surface area (Å²) in [6, 6.07) is 102. The number of benzene rings is 12. The normalized spacial score (nSPS) is 11.4. The first-order valence-electron chi connectivity index (χ1n) is 24.1. The van der Waals surface area contributed by atoms with Crippen molar-refractivity contribution >= 4 is 60.4 Å². The first-order valence-corrected chi connectivity index (χ1v) is 24.1. The van der Waals surface area contributed by atoms with Crippen molar-refractivity contribution in [3.05, 3.63) is 279 Å². The third-order valence-corrected chi connectivity index (χ3v) is 14.0. The number of anilines is 3. The zero-order valence-corrected chi connectivity index (χ0v) is 38.5. The van der Waals surface area contributed by atoms with Crippen LogP contribution >= 0.6 is 0 Å². The maximum atomic E-state index is 2.41. The number of hydrogen-bond acceptors (Lipinski definition) is 1. The lowest BCUT2D eigenvalue weighted by Crippen LogP contribution is -2.09. The van der Waals surface area contributed by atoms with Crippen LogP contribution in [0.3, 0.4) is 0 Å². The second-order valence-corrected chi connectivity index (χ2v) is 18.1. The fourth-order valence-corrected chi connectivity index (χ4v) is 10.6. The lowest BCUT2D eigenvalue weighted by Gasteiger charge is -2.26. The van der Waals surface area contributed by atoms with Gasteiger partial charge in [-0.3, -0.25) is 0 Å². The van der Waals surface area contributed by atoms with E-state index in [1.54, 1.807) is 0 Å². The Kier molecular flexibility index (Phi) is 10.2. The summed E-state index contributed by atoms with van der Waals surface area (Å²) in [6.45, 7) is 0. The largest absolute Gasteiger partial charge is 0.311 e. The summed E-state index contributed by atoms with van der Waals surface area (Å²) < 4.78 is 2.41. The highest BCUT2D eigenvalue weighted by atomic mass is 15.1. The Balaban J connectivity index is 0.846. The van der Waals surface area contributed by atoms with Crippen LogP contribution in [0.5, 0.6) is 0 Å². The molecule has 0 amide bonds. The van der Waals surface area contributed by atoms with E-state index in [1.165, 1.54) is 99.1 Å². The molecule has 12 aromatic carbocycles. The van der Waals surface area contributed by atoms with Crippen LogP contribution in [0.4, 0.5) is 17.1 Å². The van der Waals surface area contributed by atoms with E-state index in [1.807, 2.05) is 0 Å². The number of nitrogens with zero attached hydrogens (tertiary/aromatic N) is 2. The van der Waals surface area contributed by atoms with Gasteiger partial charge in [0.2, 0.25) is 0 Å². The van der Waals surface area contributed by atoms with Crippen LogP contribution in [-0.2, 0) is 0 Å². The van der Waals surface area contributed by atoms with Gasteiger partial charge < -0.3 is 9.47 Å². The molecule has 70 heavy (non-hydrogen) atoms. The molecule has 1 heterocycles. The van der Waals surface area contributed by atoms with E-state index in [4.69, 9.17) is 0 Å². The SMILES string of the molecule is c1ccc(-c2ccc3ccccc3c2)c(-c2ccc(N(c3ccc(-c4ccc(-c5ccccc5-n5c6ccccc6c6ccccc65)cc4)cc3)c3ccc(-c4cccc5ccccc45)cc3)cc2)c1. The van der Waals surface area contributed by atoms with Crippen molar-refractivity contribution in [2.45, 2.75) is 0 Å². The van der Waals surface area contributed by atoms with Crippen molar-refractivity contribution in [3.8, 4) is 61.3 Å². The molecule has 1 aromatic heterocycles. The molecule has 328 valence electrons. The van der Waals surface area contributed by atoms with Gasteiger partial charge in [-0.05, 0) is 132 Å². The molecule has 0 spiro atoms. The molecule has 0 bridgehead atoms. The van der Waals surface area contributed by atoms with Crippen molar-refractivity contribution in [2.24, 2.45) is 0 Å². The van der Waals surface area contributed by atoms with Gasteiger partial charge in [0.1, 0.15) is 0 Å². The number of para-hydroxylation sites is 3. The standard InChI is InChI=1S/C68H46N2/c1-2-16-54-46-55(33-30-47(54)14-1)62-20-6-5-19-60(62)51-36-42-57(43-37-51)69(58-44-38-52(39-45-58)61-24-13-17-50-15-3-4-18-59(50)61)56-40-34-49(35-41-56)48-28-31-53(32-29-48)63-21-7-10-25-66(63)70-67-26-11-8-22-64(67)65-23-9-12-27-68(65)70/h1-46H. The number of aromatic nitrogens is 1. The third-order valence-electron chi connectivity index (χ3n) is 14.0. The van der Waals surface area contributed by atoms with E-state index in [0.717, 1.165) is 22.6 Å². The van der Waals surface area contributed by atoms with Crippen LogP contribution < -0.4 is 4.90 Å². The molecule has 0 unspecified atom stereocenters. The summed E-state index contributed by atoms with van der Waals surface area (Å²) in [6.07, 6.45) is 0. The van der Waals surface area contributed by atoms with Gasteiger partial charge in [-0.2, -0.15) is 0 Å². The molecule has 0 aliphatic heterocycles. The average Bonchev–Trinajstić information content (AvgIpc) is 3.78. The fraction of sp³-hybridized carbons (Fsp3) is 0. The topological polar surface area (TPSA) is 8.17 Å². The Morgan fingerprint density at radius 2 is 0.614 bits per heavy atom. The van der Waals surface area contributed by atoms with Crippen LogP contribution in [0.15, 0.2) is 279 Å². The van der Waals surface area contributed by atoms with E-state index in [-0.39, 0.29) is 0 Å². The van der Waals surface area contributed by atoms with Gasteiger partial charge in [-0.25, -0.2) is 0 Å². The predicted octanol–water partition coefficient (Wildman–Crippen LogP) is 18.9. The molecule has 13 rings (SSSR count). The molecule has 2 nitrogen and oxygen atoms in total. The Bertz CT molecular complexity index is 3970. The minimum absolute atomic E-state index is 1.09. The minimum atomic E-state index is 1.09.